The molecule has 1 N–H and O–H groups in total. The maximum atomic E-state index is 12.5. The minimum atomic E-state index is -0.0289. The molecule has 26 heavy (non-hydrogen) atoms. The van der Waals surface area contributed by atoms with Crippen molar-refractivity contribution in [2.75, 3.05) is 0 Å². The van der Waals surface area contributed by atoms with Crippen LogP contribution in [0.15, 0.2) is 29.0 Å². The van der Waals surface area contributed by atoms with Gasteiger partial charge < -0.3 is 9.84 Å². The lowest BCUT2D eigenvalue weighted by Crippen LogP contribution is -2.33. The van der Waals surface area contributed by atoms with Gasteiger partial charge in [0.2, 0.25) is 5.91 Å². The predicted octanol–water partition coefficient (Wildman–Crippen LogP) is 3.23. The molecule has 1 aliphatic rings. The van der Waals surface area contributed by atoms with Crippen LogP contribution in [-0.2, 0) is 24.2 Å². The number of aromatic nitrogens is 3. The third-order valence-corrected chi connectivity index (χ3v) is 5.92. The normalized spacial score (nSPS) is 16.3. The maximum absolute atomic E-state index is 12.5. The Hall–Kier alpha value is -2.54. The van der Waals surface area contributed by atoms with Gasteiger partial charge in [-0.25, -0.2) is 4.98 Å². The molecule has 4 rings (SSSR count). The van der Waals surface area contributed by atoms with Gasteiger partial charge in [-0.2, -0.15) is 0 Å². The second-order valence-corrected chi connectivity index (χ2v) is 7.69. The van der Waals surface area contributed by atoms with Crippen molar-refractivity contribution >= 4 is 17.2 Å². The largest absolute Gasteiger partial charge is 0.361 e. The van der Waals surface area contributed by atoms with Crippen LogP contribution in [0.25, 0.3) is 10.6 Å². The van der Waals surface area contributed by atoms with Gasteiger partial charge in [-0.15, -0.1) is 11.3 Å². The second kappa shape index (κ2) is 6.99. The number of carbonyl (C=O) groups excluding carboxylic acids is 1. The summed E-state index contributed by atoms with van der Waals surface area (Å²) in [6.07, 6.45) is 5.94. The summed E-state index contributed by atoms with van der Waals surface area (Å²) in [6, 6.07) is 3.84. The van der Waals surface area contributed by atoms with Gasteiger partial charge in [-0.1, -0.05) is 11.2 Å². The second-order valence-electron chi connectivity index (χ2n) is 6.61. The van der Waals surface area contributed by atoms with Crippen LogP contribution < -0.4 is 5.32 Å². The van der Waals surface area contributed by atoms with Gasteiger partial charge in [0, 0.05) is 36.2 Å². The molecule has 1 aliphatic carbocycles. The Morgan fingerprint density at radius 2 is 2.31 bits per heavy atom. The molecule has 0 fully saturated rings. The Morgan fingerprint density at radius 3 is 3.04 bits per heavy atom. The van der Waals surface area contributed by atoms with Crippen LogP contribution in [0.2, 0.25) is 0 Å². The van der Waals surface area contributed by atoms with Crippen LogP contribution in [0.1, 0.15) is 34.0 Å². The van der Waals surface area contributed by atoms with E-state index in [0.29, 0.717) is 13.0 Å². The van der Waals surface area contributed by atoms with E-state index in [2.05, 4.69) is 15.5 Å². The van der Waals surface area contributed by atoms with E-state index >= 15 is 0 Å². The van der Waals surface area contributed by atoms with E-state index in [1.165, 1.54) is 4.88 Å². The van der Waals surface area contributed by atoms with Gasteiger partial charge in [0.25, 0.3) is 0 Å². The Balaban J connectivity index is 1.45. The molecule has 1 atom stereocenters. The molecule has 3 heterocycles. The van der Waals surface area contributed by atoms with Crippen molar-refractivity contribution < 1.29 is 9.32 Å². The van der Waals surface area contributed by atoms with Gasteiger partial charge in [0.15, 0.2) is 0 Å². The summed E-state index contributed by atoms with van der Waals surface area (Å²) in [5.74, 6) is 0.851. The number of carbonyl (C=O) groups is 1. The standard InChI is InChI=1S/C19H20N4O2S/c1-11-17(12(2)25-23-11)19-22-15-8-14(5-6-16(15)26-19)18(24)21-10-13-4-3-7-20-9-13/h3-4,7,9,14H,5-6,8,10H2,1-2H3,(H,21,24). The summed E-state index contributed by atoms with van der Waals surface area (Å²) in [5, 5.41) is 7.99. The van der Waals surface area contributed by atoms with E-state index in [1.807, 2.05) is 26.0 Å². The molecule has 0 radical (unpaired) electrons. The van der Waals surface area contributed by atoms with E-state index in [9.17, 15) is 4.79 Å². The molecule has 134 valence electrons. The average molecular weight is 368 g/mol. The zero-order chi connectivity index (χ0) is 18.1. The van der Waals surface area contributed by atoms with Crippen molar-refractivity contribution in [2.45, 2.75) is 39.7 Å². The number of fused-ring (bicyclic) bond motifs is 1. The van der Waals surface area contributed by atoms with Crippen LogP contribution >= 0.6 is 11.3 Å². The molecular weight excluding hydrogens is 348 g/mol. The highest BCUT2D eigenvalue weighted by Crippen LogP contribution is 2.37. The Labute approximate surface area is 155 Å². The van der Waals surface area contributed by atoms with E-state index < -0.39 is 0 Å². The molecule has 7 heteroatoms. The van der Waals surface area contributed by atoms with Crippen LogP contribution in [0.4, 0.5) is 0 Å². The number of thiazole rings is 1. The van der Waals surface area contributed by atoms with E-state index in [-0.39, 0.29) is 11.8 Å². The van der Waals surface area contributed by atoms with E-state index in [4.69, 9.17) is 9.51 Å². The monoisotopic (exact) mass is 368 g/mol. The summed E-state index contributed by atoms with van der Waals surface area (Å²) in [4.78, 5) is 22.7. The lowest BCUT2D eigenvalue weighted by Gasteiger charge is -2.20. The fourth-order valence-corrected chi connectivity index (χ4v) is 4.58. The minimum absolute atomic E-state index is 0.0289. The first-order valence-corrected chi connectivity index (χ1v) is 9.52. The molecule has 3 aromatic rings. The van der Waals surface area contributed by atoms with Crippen molar-refractivity contribution in [3.63, 3.8) is 0 Å². The zero-order valence-corrected chi connectivity index (χ0v) is 15.6. The van der Waals surface area contributed by atoms with Crippen LogP contribution in [0, 0.1) is 19.8 Å². The number of nitrogens with zero attached hydrogens (tertiary/aromatic N) is 3. The summed E-state index contributed by atoms with van der Waals surface area (Å²) < 4.78 is 5.26. The van der Waals surface area contributed by atoms with Crippen LogP contribution in [-0.4, -0.2) is 21.0 Å². The third kappa shape index (κ3) is 3.26. The highest BCUT2D eigenvalue weighted by atomic mass is 32.1. The number of nitrogens with one attached hydrogen (secondary N) is 1. The molecule has 0 aromatic carbocycles. The lowest BCUT2D eigenvalue weighted by atomic mass is 9.90. The fourth-order valence-electron chi connectivity index (χ4n) is 3.33. The van der Waals surface area contributed by atoms with Gasteiger partial charge in [0.1, 0.15) is 10.8 Å². The smallest absolute Gasteiger partial charge is 0.223 e. The van der Waals surface area contributed by atoms with Crippen molar-refractivity contribution in [3.8, 4) is 10.6 Å². The number of pyridine rings is 1. The number of hydrogen-bond donors (Lipinski definition) is 1. The highest BCUT2D eigenvalue weighted by Gasteiger charge is 2.28. The third-order valence-electron chi connectivity index (χ3n) is 4.75. The van der Waals surface area contributed by atoms with Gasteiger partial charge in [-0.05, 0) is 38.3 Å². The number of rotatable bonds is 4. The number of hydrogen-bond acceptors (Lipinski definition) is 6. The molecule has 0 saturated heterocycles. The minimum Gasteiger partial charge on any atom is -0.361 e. The maximum Gasteiger partial charge on any atom is 0.223 e. The Kier molecular flexibility index (Phi) is 4.55. The van der Waals surface area contributed by atoms with Crippen molar-refractivity contribution in [2.24, 2.45) is 5.92 Å². The molecule has 0 bridgehead atoms. The highest BCUT2D eigenvalue weighted by molar-refractivity contribution is 7.15. The summed E-state index contributed by atoms with van der Waals surface area (Å²) in [7, 11) is 0. The number of aryl methyl sites for hydroxylation is 3. The predicted molar refractivity (Wildman–Crippen MR) is 98.7 cm³/mol. The summed E-state index contributed by atoms with van der Waals surface area (Å²) in [6.45, 7) is 4.35. The molecule has 0 saturated carbocycles. The van der Waals surface area contributed by atoms with Gasteiger partial charge >= 0.3 is 0 Å². The summed E-state index contributed by atoms with van der Waals surface area (Å²) >= 11 is 1.69. The first-order valence-electron chi connectivity index (χ1n) is 8.70. The first-order chi connectivity index (χ1) is 12.6. The van der Waals surface area contributed by atoms with Crippen molar-refractivity contribution in [1.29, 1.82) is 0 Å². The Bertz CT molecular complexity index is 913. The molecule has 1 unspecified atom stereocenters. The lowest BCUT2D eigenvalue weighted by molar-refractivity contribution is -0.125. The quantitative estimate of drug-likeness (QED) is 0.765. The zero-order valence-electron chi connectivity index (χ0n) is 14.8. The molecular formula is C19H20N4O2S. The topological polar surface area (TPSA) is 80.9 Å². The van der Waals surface area contributed by atoms with E-state index in [0.717, 1.165) is 46.1 Å². The van der Waals surface area contributed by atoms with Crippen molar-refractivity contribution in [3.05, 3.63) is 52.1 Å². The van der Waals surface area contributed by atoms with Crippen LogP contribution in [0.5, 0.6) is 0 Å². The molecule has 0 aliphatic heterocycles. The molecule has 0 spiro atoms. The average Bonchev–Trinajstić information content (AvgIpc) is 3.22. The van der Waals surface area contributed by atoms with Crippen LogP contribution in [0.3, 0.4) is 0 Å². The summed E-state index contributed by atoms with van der Waals surface area (Å²) in [5.41, 5.74) is 3.89. The Morgan fingerprint density at radius 1 is 1.42 bits per heavy atom. The molecule has 1 amide bonds. The molecule has 6 nitrogen and oxygen atoms in total. The molecule has 3 aromatic heterocycles. The van der Waals surface area contributed by atoms with Gasteiger partial charge in [0.05, 0.1) is 17.0 Å². The first kappa shape index (κ1) is 16.9. The SMILES string of the molecule is Cc1noc(C)c1-c1nc2c(s1)CCC(C(=O)NCc1cccnc1)C2. The van der Waals surface area contributed by atoms with Crippen molar-refractivity contribution in [1.82, 2.24) is 20.4 Å². The van der Waals surface area contributed by atoms with E-state index in [1.54, 1.807) is 23.7 Å². The van der Waals surface area contributed by atoms with Gasteiger partial charge in [-0.3, -0.25) is 9.78 Å². The fraction of sp³-hybridized carbons (Fsp3) is 0.368. The number of amides is 1.